The number of nitrogens with zero attached hydrogens (tertiary/aromatic N) is 2. The molecule has 164 valence electrons. The molecule has 0 radical (unpaired) electrons. The quantitative estimate of drug-likeness (QED) is 0.372. The molecule has 0 bridgehead atoms. The van der Waals surface area contributed by atoms with Gasteiger partial charge in [-0.25, -0.2) is 9.78 Å². The molecule has 5 rings (SSSR count). The fraction of sp³-hybridized carbons (Fsp3) is 0.120. The zero-order chi connectivity index (χ0) is 23.3. The number of carbonyl (C=O) groups excluding carboxylic acids is 2. The van der Waals surface area contributed by atoms with Gasteiger partial charge in [-0.05, 0) is 60.5 Å². The Kier molecular flexibility index (Phi) is 5.09. The third kappa shape index (κ3) is 3.43. The topological polar surface area (TPSA) is 89.7 Å². The maximum Gasteiger partial charge on any atom is 0.337 e. The maximum absolute atomic E-state index is 13.6. The molecule has 0 saturated carbocycles. The van der Waals surface area contributed by atoms with E-state index < -0.39 is 17.9 Å². The van der Waals surface area contributed by atoms with Crippen LogP contribution in [0.15, 0.2) is 74.5 Å². The molecule has 0 N–H and O–H groups in total. The average molecular weight is 505 g/mol. The van der Waals surface area contributed by atoms with Gasteiger partial charge >= 0.3 is 5.97 Å². The number of halogens is 1. The summed E-state index contributed by atoms with van der Waals surface area (Å²) >= 11 is 3.39. The summed E-state index contributed by atoms with van der Waals surface area (Å²) in [6, 6.07) is 14.5. The number of aryl methyl sites for hydroxylation is 1. The van der Waals surface area contributed by atoms with Gasteiger partial charge in [0.1, 0.15) is 11.4 Å². The molecule has 1 aliphatic rings. The molecule has 7 nitrogen and oxygen atoms in total. The minimum absolute atomic E-state index is 0.0137. The summed E-state index contributed by atoms with van der Waals surface area (Å²) < 4.78 is 11.5. The van der Waals surface area contributed by atoms with Crippen molar-refractivity contribution >= 4 is 44.6 Å². The van der Waals surface area contributed by atoms with E-state index in [9.17, 15) is 14.4 Å². The second kappa shape index (κ2) is 7.97. The molecular weight excluding hydrogens is 488 g/mol. The Morgan fingerprint density at radius 1 is 1.09 bits per heavy atom. The third-order valence-electron chi connectivity index (χ3n) is 5.63. The molecule has 0 fully saturated rings. The summed E-state index contributed by atoms with van der Waals surface area (Å²) in [5.41, 5.74) is 2.18. The number of hydrogen-bond acceptors (Lipinski definition) is 6. The molecule has 1 amide bonds. The Labute approximate surface area is 196 Å². The van der Waals surface area contributed by atoms with Crippen molar-refractivity contribution in [1.29, 1.82) is 0 Å². The fourth-order valence-corrected chi connectivity index (χ4v) is 4.43. The van der Waals surface area contributed by atoms with Gasteiger partial charge in [0.05, 0.1) is 29.7 Å². The van der Waals surface area contributed by atoms with E-state index in [1.54, 1.807) is 54.7 Å². The van der Waals surface area contributed by atoms with Crippen molar-refractivity contribution in [2.24, 2.45) is 0 Å². The second-order valence-electron chi connectivity index (χ2n) is 7.70. The lowest BCUT2D eigenvalue weighted by atomic mass is 9.97. The minimum atomic E-state index is -0.770. The molecule has 0 unspecified atom stereocenters. The summed E-state index contributed by atoms with van der Waals surface area (Å²) in [4.78, 5) is 44.9. The van der Waals surface area contributed by atoms with Crippen LogP contribution in [0, 0.1) is 6.92 Å². The van der Waals surface area contributed by atoms with Gasteiger partial charge in [0.2, 0.25) is 5.76 Å². The molecule has 3 heterocycles. The molecule has 8 heteroatoms. The predicted octanol–water partition coefficient (Wildman–Crippen LogP) is 4.80. The summed E-state index contributed by atoms with van der Waals surface area (Å²) in [5.74, 6) is -0.540. The maximum atomic E-state index is 13.6. The number of ether oxygens (including phenoxy) is 1. The highest BCUT2D eigenvalue weighted by molar-refractivity contribution is 9.10. The zero-order valence-electron chi connectivity index (χ0n) is 17.7. The average Bonchev–Trinajstić information content (AvgIpc) is 3.11. The number of aromatic nitrogens is 1. The van der Waals surface area contributed by atoms with Crippen molar-refractivity contribution in [2.45, 2.75) is 13.0 Å². The lowest BCUT2D eigenvalue weighted by Gasteiger charge is -2.24. The number of pyridine rings is 1. The monoisotopic (exact) mass is 504 g/mol. The third-order valence-corrected chi connectivity index (χ3v) is 6.12. The van der Waals surface area contributed by atoms with Gasteiger partial charge in [-0.1, -0.05) is 28.1 Å². The lowest BCUT2D eigenvalue weighted by Crippen LogP contribution is -2.30. The number of rotatable bonds is 3. The highest BCUT2D eigenvalue weighted by Crippen LogP contribution is 2.40. The molecule has 2 aromatic carbocycles. The fourth-order valence-electron chi connectivity index (χ4n) is 4.07. The van der Waals surface area contributed by atoms with Crippen LogP contribution in [0.1, 0.15) is 43.6 Å². The largest absolute Gasteiger partial charge is 0.465 e. The van der Waals surface area contributed by atoms with Crippen molar-refractivity contribution in [3.63, 3.8) is 0 Å². The van der Waals surface area contributed by atoms with E-state index in [-0.39, 0.29) is 16.8 Å². The summed E-state index contributed by atoms with van der Waals surface area (Å²) in [6.07, 6.45) is 1.61. The number of methoxy groups -OCH3 is 1. The van der Waals surface area contributed by atoms with E-state index in [2.05, 4.69) is 20.9 Å². The van der Waals surface area contributed by atoms with Gasteiger partial charge in [-0.15, -0.1) is 0 Å². The van der Waals surface area contributed by atoms with Crippen molar-refractivity contribution in [3.8, 4) is 0 Å². The Bertz CT molecular complexity index is 1490. The Balaban J connectivity index is 1.77. The van der Waals surface area contributed by atoms with Crippen molar-refractivity contribution in [1.82, 2.24) is 4.98 Å². The van der Waals surface area contributed by atoms with Gasteiger partial charge in [-0.2, -0.15) is 0 Å². The van der Waals surface area contributed by atoms with Crippen LogP contribution in [0.25, 0.3) is 11.0 Å². The first-order valence-corrected chi connectivity index (χ1v) is 10.9. The van der Waals surface area contributed by atoms with Gasteiger partial charge in [0, 0.05) is 10.7 Å². The number of benzene rings is 2. The van der Waals surface area contributed by atoms with Gasteiger partial charge in [-0.3, -0.25) is 14.5 Å². The van der Waals surface area contributed by atoms with E-state index in [4.69, 9.17) is 9.15 Å². The summed E-state index contributed by atoms with van der Waals surface area (Å²) in [7, 11) is 1.31. The first kappa shape index (κ1) is 21.1. The van der Waals surface area contributed by atoms with Crippen LogP contribution in [-0.4, -0.2) is 24.0 Å². The predicted molar refractivity (Wildman–Crippen MR) is 126 cm³/mol. The van der Waals surface area contributed by atoms with Crippen LogP contribution >= 0.6 is 15.9 Å². The smallest absolute Gasteiger partial charge is 0.337 e. The highest BCUT2D eigenvalue weighted by atomic mass is 79.9. The lowest BCUT2D eigenvalue weighted by molar-refractivity contribution is 0.0600. The van der Waals surface area contributed by atoms with Crippen LogP contribution in [0.5, 0.6) is 0 Å². The Hall–Kier alpha value is -3.78. The second-order valence-corrected chi connectivity index (χ2v) is 8.61. The molecule has 0 spiro atoms. The molecular formula is C25H17BrN2O5. The minimum Gasteiger partial charge on any atom is -0.465 e. The molecule has 33 heavy (non-hydrogen) atoms. The van der Waals surface area contributed by atoms with Gasteiger partial charge in [0.15, 0.2) is 5.43 Å². The standard InChI is InChI=1S/C25H17BrN2O5/c1-13-9-10-27-19(11-13)28-21(14-3-5-15(6-4-14)25(31)32-2)20-22(29)17-12-16(26)7-8-18(17)33-23(20)24(28)30/h3-12,21H,1-2H3/t21-/m0/s1. The molecule has 0 aliphatic carbocycles. The van der Waals surface area contributed by atoms with E-state index >= 15 is 0 Å². The number of hydrogen-bond donors (Lipinski definition) is 0. The van der Waals surface area contributed by atoms with Gasteiger partial charge < -0.3 is 9.15 Å². The Morgan fingerprint density at radius 2 is 1.85 bits per heavy atom. The molecule has 0 saturated heterocycles. The van der Waals surface area contributed by atoms with E-state index in [1.165, 1.54) is 12.0 Å². The first-order valence-electron chi connectivity index (χ1n) is 10.1. The number of esters is 1. The van der Waals surface area contributed by atoms with E-state index in [1.807, 2.05) is 13.0 Å². The van der Waals surface area contributed by atoms with Crippen molar-refractivity contribution < 1.29 is 18.7 Å². The number of carbonyl (C=O) groups is 2. The number of anilines is 1. The van der Waals surface area contributed by atoms with Crippen LogP contribution in [-0.2, 0) is 4.74 Å². The number of fused-ring (bicyclic) bond motifs is 2. The Morgan fingerprint density at radius 3 is 2.55 bits per heavy atom. The molecule has 2 aromatic heterocycles. The highest BCUT2D eigenvalue weighted by Gasteiger charge is 2.44. The van der Waals surface area contributed by atoms with Crippen LogP contribution in [0.4, 0.5) is 5.82 Å². The molecule has 1 atom stereocenters. The summed E-state index contributed by atoms with van der Waals surface area (Å²) in [6.45, 7) is 1.90. The SMILES string of the molecule is COC(=O)c1ccc([C@H]2c3c(oc4ccc(Br)cc4c3=O)C(=O)N2c2cc(C)ccn2)cc1. The van der Waals surface area contributed by atoms with E-state index in [0.717, 1.165) is 10.0 Å². The van der Waals surface area contributed by atoms with Crippen molar-refractivity contribution in [2.75, 3.05) is 12.0 Å². The van der Waals surface area contributed by atoms with Crippen LogP contribution < -0.4 is 10.3 Å². The van der Waals surface area contributed by atoms with E-state index in [0.29, 0.717) is 27.9 Å². The normalized spacial score (nSPS) is 15.1. The van der Waals surface area contributed by atoms with Gasteiger partial charge in [0.25, 0.3) is 5.91 Å². The molecule has 4 aromatic rings. The van der Waals surface area contributed by atoms with Crippen LogP contribution in [0.2, 0.25) is 0 Å². The first-order chi connectivity index (χ1) is 15.9. The van der Waals surface area contributed by atoms with Crippen molar-refractivity contribution in [3.05, 3.63) is 104 Å². The zero-order valence-corrected chi connectivity index (χ0v) is 19.3. The summed E-state index contributed by atoms with van der Waals surface area (Å²) in [5, 5.41) is 0.367. The molecule has 1 aliphatic heterocycles. The van der Waals surface area contributed by atoms with Crippen LogP contribution in [0.3, 0.4) is 0 Å². The number of amides is 1.